The van der Waals surface area contributed by atoms with E-state index in [9.17, 15) is 0 Å². The van der Waals surface area contributed by atoms with Crippen molar-refractivity contribution in [3.8, 4) is 0 Å². The van der Waals surface area contributed by atoms with Crippen LogP contribution in [0.25, 0.3) is 0 Å². The van der Waals surface area contributed by atoms with E-state index in [1.807, 2.05) is 6.92 Å². The highest BCUT2D eigenvalue weighted by Gasteiger charge is 2.04. The van der Waals surface area contributed by atoms with Crippen LogP contribution in [0.5, 0.6) is 0 Å². The molecule has 0 spiro atoms. The van der Waals surface area contributed by atoms with Crippen molar-refractivity contribution in [1.29, 1.82) is 0 Å². The van der Waals surface area contributed by atoms with E-state index in [1.165, 1.54) is 16.8 Å². The third-order valence-electron chi connectivity index (χ3n) is 2.45. The van der Waals surface area contributed by atoms with Crippen LogP contribution in [0.2, 0.25) is 0 Å². The fourth-order valence-corrected chi connectivity index (χ4v) is 1.84. The second-order valence-corrected chi connectivity index (χ2v) is 4.08. The van der Waals surface area contributed by atoms with Crippen molar-refractivity contribution in [1.82, 2.24) is 0 Å². The van der Waals surface area contributed by atoms with Crippen molar-refractivity contribution in [2.24, 2.45) is 0 Å². The summed E-state index contributed by atoms with van der Waals surface area (Å²) >= 11 is 5.09. The van der Waals surface area contributed by atoms with E-state index < -0.39 is 0 Å². The van der Waals surface area contributed by atoms with Crippen molar-refractivity contribution in [2.45, 2.75) is 27.2 Å². The van der Waals surface area contributed by atoms with Crippen molar-refractivity contribution in [3.05, 3.63) is 29.3 Å². The SMILES string of the molecule is CCOC(=S)CNc1c(C)cccc1CC. The summed E-state index contributed by atoms with van der Waals surface area (Å²) in [5.74, 6) is 0. The number of hydrogen-bond acceptors (Lipinski definition) is 3. The number of benzene rings is 1. The fourth-order valence-electron chi connectivity index (χ4n) is 1.65. The average molecular weight is 237 g/mol. The zero-order valence-electron chi connectivity index (χ0n) is 10.2. The molecule has 0 unspecified atom stereocenters. The molecule has 0 heterocycles. The van der Waals surface area contributed by atoms with Crippen molar-refractivity contribution >= 4 is 23.0 Å². The van der Waals surface area contributed by atoms with Crippen LogP contribution in [-0.4, -0.2) is 18.2 Å². The lowest BCUT2D eigenvalue weighted by atomic mass is 10.1. The molecule has 0 bridgehead atoms. The molecule has 0 radical (unpaired) electrons. The largest absolute Gasteiger partial charge is 0.485 e. The van der Waals surface area contributed by atoms with Gasteiger partial charge in [0.25, 0.3) is 0 Å². The van der Waals surface area contributed by atoms with Gasteiger partial charge in [-0.3, -0.25) is 0 Å². The Bertz CT molecular complexity index is 363. The highest BCUT2D eigenvalue weighted by Crippen LogP contribution is 2.20. The zero-order chi connectivity index (χ0) is 12.0. The minimum Gasteiger partial charge on any atom is -0.485 e. The quantitative estimate of drug-likeness (QED) is 0.794. The first-order valence-corrected chi connectivity index (χ1v) is 6.07. The summed E-state index contributed by atoms with van der Waals surface area (Å²) in [6.45, 7) is 7.43. The molecule has 0 saturated carbocycles. The Morgan fingerprint density at radius 3 is 2.75 bits per heavy atom. The molecule has 0 saturated heterocycles. The molecule has 2 nitrogen and oxygen atoms in total. The molecule has 1 aromatic carbocycles. The predicted molar refractivity (Wildman–Crippen MR) is 73.3 cm³/mol. The first kappa shape index (κ1) is 13.0. The van der Waals surface area contributed by atoms with Gasteiger partial charge in [0.15, 0.2) is 5.05 Å². The van der Waals surface area contributed by atoms with Crippen LogP contribution in [0.1, 0.15) is 25.0 Å². The van der Waals surface area contributed by atoms with Gasteiger partial charge in [-0.15, -0.1) is 0 Å². The smallest absolute Gasteiger partial charge is 0.178 e. The Hall–Kier alpha value is -1.09. The van der Waals surface area contributed by atoms with Crippen LogP contribution >= 0.6 is 12.2 Å². The van der Waals surface area contributed by atoms with E-state index >= 15 is 0 Å². The maximum atomic E-state index is 5.25. The van der Waals surface area contributed by atoms with Crippen molar-refractivity contribution < 1.29 is 4.74 Å². The lowest BCUT2D eigenvalue weighted by molar-refractivity contribution is 0.332. The molecule has 0 aliphatic carbocycles. The van der Waals surface area contributed by atoms with Crippen molar-refractivity contribution in [2.75, 3.05) is 18.5 Å². The van der Waals surface area contributed by atoms with E-state index in [4.69, 9.17) is 17.0 Å². The summed E-state index contributed by atoms with van der Waals surface area (Å²) in [6, 6.07) is 6.32. The number of rotatable bonds is 5. The molecule has 0 fully saturated rings. The highest BCUT2D eigenvalue weighted by molar-refractivity contribution is 7.80. The Kier molecular flexibility index (Phi) is 5.26. The Balaban J connectivity index is 2.69. The van der Waals surface area contributed by atoms with Crippen LogP contribution in [0.4, 0.5) is 5.69 Å². The van der Waals surface area contributed by atoms with Gasteiger partial charge in [-0.1, -0.05) is 25.1 Å². The van der Waals surface area contributed by atoms with Crippen LogP contribution in [-0.2, 0) is 11.2 Å². The van der Waals surface area contributed by atoms with Crippen LogP contribution in [0, 0.1) is 6.92 Å². The monoisotopic (exact) mass is 237 g/mol. The average Bonchev–Trinajstić information content (AvgIpc) is 2.27. The molecule has 0 amide bonds. The summed E-state index contributed by atoms with van der Waals surface area (Å²) < 4.78 is 5.25. The van der Waals surface area contributed by atoms with E-state index in [0.29, 0.717) is 18.2 Å². The molecule has 0 aliphatic heterocycles. The zero-order valence-corrected chi connectivity index (χ0v) is 11.0. The molecule has 0 aromatic heterocycles. The molecule has 16 heavy (non-hydrogen) atoms. The molecule has 1 N–H and O–H groups in total. The Morgan fingerprint density at radius 1 is 1.38 bits per heavy atom. The van der Waals surface area contributed by atoms with Gasteiger partial charge < -0.3 is 10.1 Å². The maximum absolute atomic E-state index is 5.25. The maximum Gasteiger partial charge on any atom is 0.178 e. The standard InChI is InChI=1S/C13H19NOS/c1-4-11-8-6-7-10(3)13(11)14-9-12(16)15-5-2/h6-8,14H,4-5,9H2,1-3H3. The number of ether oxygens (including phenoxy) is 1. The van der Waals surface area contributed by atoms with Gasteiger partial charge in [-0.2, -0.15) is 0 Å². The molecule has 3 heteroatoms. The van der Waals surface area contributed by atoms with Gasteiger partial charge in [-0.25, -0.2) is 0 Å². The fraction of sp³-hybridized carbons (Fsp3) is 0.462. The second-order valence-electron chi connectivity index (χ2n) is 3.62. The van der Waals surface area contributed by atoms with Gasteiger partial charge >= 0.3 is 0 Å². The number of hydrogen-bond donors (Lipinski definition) is 1. The van der Waals surface area contributed by atoms with Gasteiger partial charge in [0, 0.05) is 5.69 Å². The minimum absolute atomic E-state index is 0.598. The summed E-state index contributed by atoms with van der Waals surface area (Å²) in [5, 5.41) is 3.97. The van der Waals surface area contributed by atoms with Crippen LogP contribution in [0.15, 0.2) is 18.2 Å². The van der Waals surface area contributed by atoms with Crippen LogP contribution < -0.4 is 5.32 Å². The third-order valence-corrected chi connectivity index (χ3v) is 2.72. The van der Waals surface area contributed by atoms with Gasteiger partial charge in [0.2, 0.25) is 0 Å². The highest BCUT2D eigenvalue weighted by atomic mass is 32.1. The topological polar surface area (TPSA) is 21.3 Å². The summed E-state index contributed by atoms with van der Waals surface area (Å²) in [6.07, 6.45) is 1.02. The normalized spacial score (nSPS) is 9.94. The molecule has 0 atom stereocenters. The van der Waals surface area contributed by atoms with Crippen molar-refractivity contribution in [3.63, 3.8) is 0 Å². The Labute approximate surface area is 103 Å². The van der Waals surface area contributed by atoms with Gasteiger partial charge in [-0.05, 0) is 43.6 Å². The molecule has 1 rings (SSSR count). The lowest BCUT2D eigenvalue weighted by Crippen LogP contribution is -2.16. The van der Waals surface area contributed by atoms with Gasteiger partial charge in [0.1, 0.15) is 0 Å². The second kappa shape index (κ2) is 6.48. The van der Waals surface area contributed by atoms with E-state index in [2.05, 4.69) is 37.4 Å². The third kappa shape index (κ3) is 3.49. The summed E-state index contributed by atoms with van der Waals surface area (Å²) in [7, 11) is 0. The summed E-state index contributed by atoms with van der Waals surface area (Å²) in [5.41, 5.74) is 3.75. The molecular weight excluding hydrogens is 218 g/mol. The van der Waals surface area contributed by atoms with Crippen LogP contribution in [0.3, 0.4) is 0 Å². The number of anilines is 1. The van der Waals surface area contributed by atoms with Gasteiger partial charge in [0.05, 0.1) is 13.2 Å². The van der Waals surface area contributed by atoms with E-state index in [0.717, 1.165) is 6.42 Å². The molecule has 0 aliphatic rings. The number of nitrogens with one attached hydrogen (secondary N) is 1. The van der Waals surface area contributed by atoms with E-state index in [-0.39, 0.29) is 0 Å². The number of para-hydroxylation sites is 1. The van der Waals surface area contributed by atoms with E-state index in [1.54, 1.807) is 0 Å². The Morgan fingerprint density at radius 2 is 2.12 bits per heavy atom. The molecule has 1 aromatic rings. The lowest BCUT2D eigenvalue weighted by Gasteiger charge is -2.14. The number of aryl methyl sites for hydroxylation is 2. The number of thiocarbonyl (C=S) groups is 1. The summed E-state index contributed by atoms with van der Waals surface area (Å²) in [4.78, 5) is 0. The molecular formula is C13H19NOS. The first-order chi connectivity index (χ1) is 7.69. The first-order valence-electron chi connectivity index (χ1n) is 5.67. The predicted octanol–water partition coefficient (Wildman–Crippen LogP) is 3.33. The minimum atomic E-state index is 0.598. The molecule has 88 valence electrons.